The van der Waals surface area contributed by atoms with Crippen molar-refractivity contribution in [3.05, 3.63) is 40.0 Å². The molecule has 0 N–H and O–H groups in total. The van der Waals surface area contributed by atoms with Gasteiger partial charge in [-0.2, -0.15) is 0 Å². The minimum atomic E-state index is -0.422. The molecular weight excluding hydrogens is 182 g/mol. The zero-order chi connectivity index (χ0) is 10.7. The van der Waals surface area contributed by atoms with Crippen LogP contribution in [0.15, 0.2) is 18.7 Å². The van der Waals surface area contributed by atoms with Crippen LogP contribution in [-0.2, 0) is 0 Å². The molecule has 1 aromatic rings. The van der Waals surface area contributed by atoms with Gasteiger partial charge in [-0.1, -0.05) is 12.7 Å². The Morgan fingerprint density at radius 1 is 1.57 bits per heavy atom. The second kappa shape index (κ2) is 3.91. The third-order valence-corrected chi connectivity index (χ3v) is 1.99. The van der Waals surface area contributed by atoms with E-state index < -0.39 is 4.92 Å². The number of ether oxygens (including phenoxy) is 1. The fourth-order valence-corrected chi connectivity index (χ4v) is 1.32. The molecule has 0 aliphatic heterocycles. The first-order valence-electron chi connectivity index (χ1n) is 4.06. The minimum absolute atomic E-state index is 0.0550. The summed E-state index contributed by atoms with van der Waals surface area (Å²) in [5.41, 5.74) is 1.09. The monoisotopic (exact) mass is 193 g/mol. The number of hydrogen-bond acceptors (Lipinski definition) is 3. The van der Waals surface area contributed by atoms with Crippen LogP contribution in [0.4, 0.5) is 5.69 Å². The smallest absolute Gasteiger partial charge is 0.283 e. The number of nitro groups is 1. The van der Waals surface area contributed by atoms with E-state index in [1.165, 1.54) is 13.2 Å². The molecule has 0 saturated carbocycles. The fraction of sp³-hybridized carbons (Fsp3) is 0.200. The molecule has 0 aliphatic rings. The molecule has 1 rings (SSSR count). The molecular formula is C10H11NO3. The summed E-state index contributed by atoms with van der Waals surface area (Å²) < 4.78 is 5.01. The molecule has 4 nitrogen and oxygen atoms in total. The van der Waals surface area contributed by atoms with Crippen molar-refractivity contribution in [1.29, 1.82) is 0 Å². The van der Waals surface area contributed by atoms with Crippen LogP contribution in [-0.4, -0.2) is 12.0 Å². The first-order chi connectivity index (χ1) is 6.61. The number of aryl methyl sites for hydroxylation is 1. The van der Waals surface area contributed by atoms with Crippen LogP contribution in [0.3, 0.4) is 0 Å². The lowest BCUT2D eigenvalue weighted by Gasteiger charge is -2.06. The molecule has 14 heavy (non-hydrogen) atoms. The zero-order valence-electron chi connectivity index (χ0n) is 8.11. The molecule has 0 bridgehead atoms. The number of nitro benzene ring substituents is 1. The van der Waals surface area contributed by atoms with Gasteiger partial charge in [-0.3, -0.25) is 10.1 Å². The number of nitrogens with zero attached hydrogens (tertiary/aromatic N) is 1. The molecule has 0 heterocycles. The van der Waals surface area contributed by atoms with E-state index in [9.17, 15) is 10.1 Å². The largest absolute Gasteiger partial charge is 0.496 e. The van der Waals surface area contributed by atoms with E-state index in [0.717, 1.165) is 0 Å². The molecule has 0 atom stereocenters. The Balaban J connectivity index is 3.50. The summed E-state index contributed by atoms with van der Waals surface area (Å²) in [4.78, 5) is 10.4. The lowest BCUT2D eigenvalue weighted by atomic mass is 10.1. The third-order valence-electron chi connectivity index (χ3n) is 1.99. The lowest BCUT2D eigenvalue weighted by Crippen LogP contribution is -1.97. The van der Waals surface area contributed by atoms with E-state index in [1.807, 2.05) is 0 Å². The Bertz CT molecular complexity index is 385. The molecule has 0 fully saturated rings. The number of benzene rings is 1. The van der Waals surface area contributed by atoms with Crippen molar-refractivity contribution in [2.75, 3.05) is 7.11 Å². The van der Waals surface area contributed by atoms with E-state index in [-0.39, 0.29) is 5.69 Å². The molecule has 0 spiro atoms. The highest BCUT2D eigenvalue weighted by atomic mass is 16.6. The van der Waals surface area contributed by atoms with Gasteiger partial charge >= 0.3 is 0 Å². The Hall–Kier alpha value is -1.84. The van der Waals surface area contributed by atoms with Gasteiger partial charge in [0.25, 0.3) is 5.69 Å². The molecule has 74 valence electrons. The summed E-state index contributed by atoms with van der Waals surface area (Å²) in [5, 5.41) is 10.8. The van der Waals surface area contributed by atoms with Gasteiger partial charge in [0.1, 0.15) is 5.75 Å². The molecule has 0 unspecified atom stereocenters. The van der Waals surface area contributed by atoms with Gasteiger partial charge in [0.15, 0.2) is 0 Å². The van der Waals surface area contributed by atoms with Crippen molar-refractivity contribution >= 4 is 11.8 Å². The van der Waals surface area contributed by atoms with Crippen LogP contribution in [0.1, 0.15) is 11.1 Å². The highest BCUT2D eigenvalue weighted by molar-refractivity contribution is 5.68. The second-order valence-corrected chi connectivity index (χ2v) is 2.81. The first-order valence-corrected chi connectivity index (χ1v) is 4.06. The van der Waals surface area contributed by atoms with Crippen molar-refractivity contribution < 1.29 is 9.66 Å². The van der Waals surface area contributed by atoms with Crippen molar-refractivity contribution in [3.63, 3.8) is 0 Å². The molecule has 0 aromatic heterocycles. The quantitative estimate of drug-likeness (QED) is 0.547. The maximum atomic E-state index is 10.8. The van der Waals surface area contributed by atoms with Crippen LogP contribution in [0, 0.1) is 17.0 Å². The van der Waals surface area contributed by atoms with Gasteiger partial charge in [-0.25, -0.2) is 0 Å². The molecule has 1 aromatic carbocycles. The molecule has 0 radical (unpaired) electrons. The number of methoxy groups -OCH3 is 1. The second-order valence-electron chi connectivity index (χ2n) is 2.81. The van der Waals surface area contributed by atoms with Crippen LogP contribution in [0.2, 0.25) is 0 Å². The molecule has 0 aliphatic carbocycles. The summed E-state index contributed by atoms with van der Waals surface area (Å²) in [6.45, 7) is 5.22. The van der Waals surface area contributed by atoms with Crippen molar-refractivity contribution in [2.24, 2.45) is 0 Å². The normalized spacial score (nSPS) is 9.57. The van der Waals surface area contributed by atoms with E-state index in [4.69, 9.17) is 4.74 Å². The fourth-order valence-electron chi connectivity index (χ4n) is 1.32. The molecule has 0 saturated heterocycles. The van der Waals surface area contributed by atoms with Gasteiger partial charge in [-0.05, 0) is 19.1 Å². The summed E-state index contributed by atoms with van der Waals surface area (Å²) in [6, 6.07) is 3.35. The summed E-state index contributed by atoms with van der Waals surface area (Å²) in [5.74, 6) is 0.470. The van der Waals surface area contributed by atoms with E-state index in [2.05, 4.69) is 6.58 Å². The molecule has 0 amide bonds. The Morgan fingerprint density at radius 2 is 2.21 bits per heavy atom. The summed E-state index contributed by atoms with van der Waals surface area (Å²) >= 11 is 0. The molecule has 4 heteroatoms. The van der Waals surface area contributed by atoms with Crippen LogP contribution >= 0.6 is 0 Å². The highest BCUT2D eigenvalue weighted by Crippen LogP contribution is 2.32. The topological polar surface area (TPSA) is 52.4 Å². The standard InChI is InChI=1S/C10H11NO3/c1-4-8-9(14-3)6-5-7(2)10(8)11(12)13/h4-6H,1H2,2-3H3. The van der Waals surface area contributed by atoms with E-state index in [0.29, 0.717) is 16.9 Å². The first kappa shape index (κ1) is 10.2. The minimum Gasteiger partial charge on any atom is -0.496 e. The van der Waals surface area contributed by atoms with E-state index in [1.54, 1.807) is 19.1 Å². The van der Waals surface area contributed by atoms with Crippen LogP contribution in [0.5, 0.6) is 5.75 Å². The van der Waals surface area contributed by atoms with Gasteiger partial charge in [0.05, 0.1) is 17.6 Å². The predicted octanol–water partition coefficient (Wildman–Crippen LogP) is 2.55. The maximum Gasteiger partial charge on any atom is 0.283 e. The van der Waals surface area contributed by atoms with Crippen molar-refractivity contribution in [3.8, 4) is 5.75 Å². The number of hydrogen-bond donors (Lipinski definition) is 0. The zero-order valence-corrected chi connectivity index (χ0v) is 8.11. The Kier molecular flexibility index (Phi) is 2.86. The SMILES string of the molecule is C=Cc1c(OC)ccc(C)c1[N+](=O)[O-]. The van der Waals surface area contributed by atoms with Gasteiger partial charge in [-0.15, -0.1) is 0 Å². The predicted molar refractivity (Wildman–Crippen MR) is 54.5 cm³/mol. The maximum absolute atomic E-state index is 10.8. The van der Waals surface area contributed by atoms with Crippen molar-refractivity contribution in [1.82, 2.24) is 0 Å². The average Bonchev–Trinajstić information content (AvgIpc) is 2.16. The third kappa shape index (κ3) is 1.59. The lowest BCUT2D eigenvalue weighted by molar-refractivity contribution is -0.385. The number of rotatable bonds is 3. The van der Waals surface area contributed by atoms with Crippen LogP contribution in [0.25, 0.3) is 6.08 Å². The summed E-state index contributed by atoms with van der Waals surface area (Å²) in [7, 11) is 1.47. The average molecular weight is 193 g/mol. The Labute approximate surface area is 82.0 Å². The van der Waals surface area contributed by atoms with Crippen molar-refractivity contribution in [2.45, 2.75) is 6.92 Å². The Morgan fingerprint density at radius 3 is 2.64 bits per heavy atom. The van der Waals surface area contributed by atoms with Gasteiger partial charge < -0.3 is 4.74 Å². The summed E-state index contributed by atoms with van der Waals surface area (Å²) in [6.07, 6.45) is 1.43. The van der Waals surface area contributed by atoms with E-state index >= 15 is 0 Å². The van der Waals surface area contributed by atoms with Gasteiger partial charge in [0.2, 0.25) is 0 Å². The van der Waals surface area contributed by atoms with Crippen LogP contribution < -0.4 is 4.74 Å². The van der Waals surface area contributed by atoms with Gasteiger partial charge in [0, 0.05) is 5.56 Å². The highest BCUT2D eigenvalue weighted by Gasteiger charge is 2.18.